The van der Waals surface area contributed by atoms with E-state index in [0.29, 0.717) is 32.7 Å². The number of ether oxygens (including phenoxy) is 2. The third-order valence-corrected chi connectivity index (χ3v) is 7.36. The Labute approximate surface area is 213 Å². The summed E-state index contributed by atoms with van der Waals surface area (Å²) in [6.07, 6.45) is 6.10. The average Bonchev–Trinajstić information content (AvgIpc) is 3.56. The van der Waals surface area contributed by atoms with Crippen LogP contribution in [0.25, 0.3) is 5.57 Å². The number of allylic oxidation sites excluding steroid dienone is 2. The van der Waals surface area contributed by atoms with Gasteiger partial charge in [-0.15, -0.1) is 0 Å². The molecule has 0 spiro atoms. The fourth-order valence-corrected chi connectivity index (χ4v) is 4.91. The maximum absolute atomic E-state index is 14.8. The number of likely N-dealkylation sites (tertiary alicyclic amines) is 1. The third kappa shape index (κ3) is 7.29. The van der Waals surface area contributed by atoms with E-state index in [9.17, 15) is 19.1 Å². The van der Waals surface area contributed by atoms with Gasteiger partial charge in [0, 0.05) is 19.0 Å². The van der Waals surface area contributed by atoms with Crippen LogP contribution in [-0.4, -0.2) is 60.0 Å². The smallest absolute Gasteiger partial charge is 0.410 e. The number of piperidine rings is 1. The molecule has 36 heavy (non-hydrogen) atoms. The molecule has 1 saturated carbocycles. The van der Waals surface area contributed by atoms with Gasteiger partial charge in [-0.3, -0.25) is 5.32 Å². The molecule has 3 atom stereocenters. The minimum absolute atomic E-state index is 0.0150. The van der Waals surface area contributed by atoms with Crippen molar-refractivity contribution in [3.05, 3.63) is 35.7 Å². The summed E-state index contributed by atoms with van der Waals surface area (Å²) < 4.78 is 26.0. The number of aliphatic hydroxyl groups is 1. The zero-order valence-electron chi connectivity index (χ0n) is 21.7. The van der Waals surface area contributed by atoms with Gasteiger partial charge in [0.1, 0.15) is 5.60 Å². The Balaban J connectivity index is 1.22. The zero-order chi connectivity index (χ0) is 25.9. The monoisotopic (exact) mass is 503 g/mol. The quantitative estimate of drug-likeness (QED) is 0.594. The number of aliphatic hydroxyl groups excluding tert-OH is 1. The number of nitrogens with zero attached hydrogens (tertiary/aromatic N) is 1. The lowest BCUT2D eigenvalue weighted by atomic mass is 9.86. The van der Waals surface area contributed by atoms with Crippen molar-refractivity contribution in [3.63, 3.8) is 0 Å². The van der Waals surface area contributed by atoms with Gasteiger partial charge in [0.05, 0.1) is 25.2 Å². The minimum Gasteiger partial charge on any atom is -0.490 e. The largest absolute Gasteiger partial charge is 0.490 e. The highest BCUT2D eigenvalue weighted by atomic mass is 19.1. The van der Waals surface area contributed by atoms with Gasteiger partial charge >= 0.3 is 12.0 Å². The number of nitrogens with two attached hydrogens (primary N) is 1. The topological polar surface area (TPSA) is 92.7 Å². The van der Waals surface area contributed by atoms with Crippen molar-refractivity contribution >= 4 is 17.6 Å². The normalized spacial score (nSPS) is 24.8. The molecule has 2 fully saturated rings. The Morgan fingerprint density at radius 1 is 1.19 bits per heavy atom. The second kappa shape index (κ2) is 11.3. The number of benzene rings is 1. The maximum Gasteiger partial charge on any atom is 0.410 e. The Bertz CT molecular complexity index is 981. The molecule has 1 heterocycles. The summed E-state index contributed by atoms with van der Waals surface area (Å²) in [7, 11) is 0. The second-order valence-corrected chi connectivity index (χ2v) is 11.5. The van der Waals surface area contributed by atoms with Gasteiger partial charge in [-0.25, -0.2) is 14.0 Å². The highest BCUT2D eigenvalue weighted by Crippen LogP contribution is 2.33. The summed E-state index contributed by atoms with van der Waals surface area (Å²) in [4.78, 5) is 26.4. The molecule has 0 bridgehead atoms. The Morgan fingerprint density at radius 3 is 2.50 bits per heavy atom. The number of rotatable bonds is 7. The molecule has 2 aliphatic carbocycles. The average molecular weight is 504 g/mol. The first-order valence-corrected chi connectivity index (χ1v) is 13.2. The van der Waals surface area contributed by atoms with Crippen molar-refractivity contribution < 1.29 is 33.9 Å². The number of quaternary nitrogens is 1. The number of carbonyl (C=O) groups excluding carboxylic acids is 2. The van der Waals surface area contributed by atoms with Gasteiger partial charge < -0.3 is 19.5 Å². The molecule has 0 radical (unpaired) electrons. The van der Waals surface area contributed by atoms with E-state index >= 15 is 0 Å². The van der Waals surface area contributed by atoms with Crippen LogP contribution in [0.5, 0.6) is 5.75 Å². The van der Waals surface area contributed by atoms with E-state index in [2.05, 4.69) is 6.08 Å². The van der Waals surface area contributed by atoms with E-state index in [-0.39, 0.29) is 47.4 Å². The molecule has 1 aromatic rings. The number of hydrogen-bond acceptors (Lipinski definition) is 5. The third-order valence-electron chi connectivity index (χ3n) is 7.36. The predicted molar refractivity (Wildman–Crippen MR) is 134 cm³/mol. The maximum atomic E-state index is 14.8. The van der Waals surface area contributed by atoms with Crippen LogP contribution in [0.3, 0.4) is 0 Å². The van der Waals surface area contributed by atoms with Gasteiger partial charge in [-0.05, 0) is 88.5 Å². The van der Waals surface area contributed by atoms with Crippen molar-refractivity contribution in [2.75, 3.05) is 26.2 Å². The summed E-state index contributed by atoms with van der Waals surface area (Å²) in [5.74, 6) is 0.537. The fourth-order valence-electron chi connectivity index (χ4n) is 4.91. The molecule has 2 amide bonds. The van der Waals surface area contributed by atoms with E-state index in [1.54, 1.807) is 16.3 Å². The Morgan fingerprint density at radius 2 is 1.92 bits per heavy atom. The zero-order valence-corrected chi connectivity index (χ0v) is 21.7. The van der Waals surface area contributed by atoms with Crippen LogP contribution in [0.2, 0.25) is 0 Å². The van der Waals surface area contributed by atoms with E-state index < -0.39 is 5.60 Å². The van der Waals surface area contributed by atoms with Crippen LogP contribution in [0, 0.1) is 23.6 Å². The standard InChI is InChI=1S/C28H39FN2O5/c1-28(2,3)36-27(34)31-12-10-18(11-13-31)17-35-25-9-8-21(14-23(25)29)19-4-6-20(7-5-19)26(33)30-16-22-15-24(22)32/h4,8-9,14,18,20,22,24,32H,5-7,10-13,15-17H2,1-3H3,(H,30,33)/p+1/t20?,22?,24-/m1/s1. The van der Waals surface area contributed by atoms with Gasteiger partial charge in [0.25, 0.3) is 0 Å². The molecule has 2 unspecified atom stereocenters. The first kappa shape index (κ1) is 26.6. The van der Waals surface area contributed by atoms with Crippen LogP contribution in [-0.2, 0) is 9.53 Å². The van der Waals surface area contributed by atoms with Crippen molar-refractivity contribution in [1.29, 1.82) is 0 Å². The van der Waals surface area contributed by atoms with Gasteiger partial charge in [-0.1, -0.05) is 12.1 Å². The molecule has 1 aliphatic heterocycles. The molecule has 1 aromatic carbocycles. The molecule has 8 heteroatoms. The lowest BCUT2D eigenvalue weighted by Crippen LogP contribution is -2.90. The van der Waals surface area contributed by atoms with E-state index in [4.69, 9.17) is 9.47 Å². The summed E-state index contributed by atoms with van der Waals surface area (Å²) in [5, 5.41) is 11.2. The first-order chi connectivity index (χ1) is 17.1. The van der Waals surface area contributed by atoms with E-state index in [0.717, 1.165) is 43.2 Å². The van der Waals surface area contributed by atoms with E-state index in [1.807, 2.05) is 26.8 Å². The van der Waals surface area contributed by atoms with Gasteiger partial charge in [0.2, 0.25) is 0 Å². The number of primary amides is 1. The van der Waals surface area contributed by atoms with Crippen molar-refractivity contribution in [3.8, 4) is 5.75 Å². The number of halogens is 1. The molecule has 198 valence electrons. The molecule has 1 saturated heterocycles. The highest BCUT2D eigenvalue weighted by molar-refractivity contribution is 5.73. The molecule has 4 rings (SSSR count). The Kier molecular flexibility index (Phi) is 8.35. The predicted octanol–water partition coefficient (Wildman–Crippen LogP) is 3.51. The summed E-state index contributed by atoms with van der Waals surface area (Å²) in [6, 6.07) is 5.10. The Hall–Kier alpha value is -2.45. The molecule has 3 aliphatic rings. The highest BCUT2D eigenvalue weighted by Gasteiger charge is 2.38. The number of carbonyl (C=O) groups is 2. The molecular weight excluding hydrogens is 463 g/mol. The summed E-state index contributed by atoms with van der Waals surface area (Å²) in [6.45, 7) is 7.89. The van der Waals surface area contributed by atoms with E-state index in [1.165, 1.54) is 6.07 Å². The van der Waals surface area contributed by atoms with Crippen molar-refractivity contribution in [1.82, 2.24) is 4.90 Å². The number of hydrogen-bond donors (Lipinski definition) is 2. The second-order valence-electron chi connectivity index (χ2n) is 11.5. The minimum atomic E-state index is -0.507. The SMILES string of the molecule is CC(C)(C)OC(=O)N1CCC(COc2ccc(C3=CCC(C(=O)[NH2+]CC4C[C@H]4O)CC3)cc2F)CC1. The molecular formula is C28H40FN2O5+. The van der Waals surface area contributed by atoms with Gasteiger partial charge in [-0.2, -0.15) is 0 Å². The van der Waals surface area contributed by atoms with Crippen LogP contribution >= 0.6 is 0 Å². The molecule has 0 aromatic heterocycles. The fraction of sp³-hybridized carbons (Fsp3) is 0.643. The summed E-state index contributed by atoms with van der Waals surface area (Å²) in [5.41, 5.74) is 1.39. The van der Waals surface area contributed by atoms with Crippen molar-refractivity contribution in [2.45, 2.75) is 71.0 Å². The van der Waals surface area contributed by atoms with Crippen molar-refractivity contribution in [2.24, 2.45) is 17.8 Å². The summed E-state index contributed by atoms with van der Waals surface area (Å²) >= 11 is 0. The molecule has 3 N–H and O–H groups in total. The van der Waals surface area contributed by atoms with Crippen LogP contribution < -0.4 is 10.1 Å². The number of amides is 2. The lowest BCUT2D eigenvalue weighted by molar-refractivity contribution is -0.575. The first-order valence-electron chi connectivity index (χ1n) is 13.2. The van der Waals surface area contributed by atoms with Crippen LogP contribution in [0.1, 0.15) is 64.9 Å². The van der Waals surface area contributed by atoms with Gasteiger partial charge in [0.15, 0.2) is 11.6 Å². The van der Waals surface area contributed by atoms with Crippen LogP contribution in [0.15, 0.2) is 24.3 Å². The van der Waals surface area contributed by atoms with Crippen LogP contribution in [0.4, 0.5) is 9.18 Å². The lowest BCUT2D eigenvalue weighted by Gasteiger charge is -2.33. The molecule has 7 nitrogen and oxygen atoms in total.